The van der Waals surface area contributed by atoms with Gasteiger partial charge in [0.2, 0.25) is 25.1 Å². The molecule has 1 heterocycles. The Morgan fingerprint density at radius 1 is 0.810 bits per heavy atom. The minimum Gasteiger partial charge on any atom is -0.355 e. The van der Waals surface area contributed by atoms with Gasteiger partial charge in [-0.05, 0) is 12.8 Å². The molecule has 6 unspecified atom stereocenters. The van der Waals surface area contributed by atoms with Crippen LogP contribution in [0.4, 0.5) is 0 Å². The van der Waals surface area contributed by atoms with Crippen molar-refractivity contribution in [3.63, 3.8) is 0 Å². The van der Waals surface area contributed by atoms with Crippen LogP contribution in [0.25, 0.3) is 0 Å². The zero-order valence-corrected chi connectivity index (χ0v) is 36.8. The van der Waals surface area contributed by atoms with Gasteiger partial charge in [-0.15, -0.1) is 5.10 Å². The second-order valence-corrected chi connectivity index (χ2v) is 21.1. The molecule has 58 heavy (non-hydrogen) atoms. The molecule has 1 aromatic heterocycles. The molecule has 0 bridgehead atoms. The maximum Gasteiger partial charge on any atom is 0.276 e. The third-order valence-corrected chi connectivity index (χ3v) is 10.0. The number of carbonyl (C=O) groups is 7. The topological polar surface area (TPSA) is 366 Å². The van der Waals surface area contributed by atoms with E-state index < -0.39 is 90.4 Å². The molecule has 0 fully saturated rings. The predicted molar refractivity (Wildman–Crippen MR) is 211 cm³/mol. The van der Waals surface area contributed by atoms with Gasteiger partial charge in [-0.1, -0.05) is 39.8 Å². The van der Waals surface area contributed by atoms with Crippen LogP contribution in [0.15, 0.2) is 6.20 Å². The number of amides is 3. The van der Waals surface area contributed by atoms with Gasteiger partial charge in [-0.3, -0.25) is 32.7 Å². The first-order valence-corrected chi connectivity index (χ1v) is 24.8. The van der Waals surface area contributed by atoms with Gasteiger partial charge >= 0.3 is 0 Å². The summed E-state index contributed by atoms with van der Waals surface area (Å²) in [4.78, 5) is 83.1. The lowest BCUT2D eigenvalue weighted by Crippen LogP contribution is -2.42. The summed E-state index contributed by atoms with van der Waals surface area (Å²) < 4.78 is 94.1. The summed E-state index contributed by atoms with van der Waals surface area (Å²) in [6.07, 6.45) is 6.32. The highest BCUT2D eigenvalue weighted by atomic mass is 32.2. The number of aldehydes is 4. The number of aromatic nitrogens is 3. The lowest BCUT2D eigenvalue weighted by Gasteiger charge is -2.14. The van der Waals surface area contributed by atoms with Crippen molar-refractivity contribution in [3.05, 3.63) is 11.9 Å². The molecule has 0 saturated heterocycles. The third-order valence-electron chi connectivity index (χ3n) is 6.46. The van der Waals surface area contributed by atoms with Crippen LogP contribution >= 0.6 is 7.37 Å². The summed E-state index contributed by atoms with van der Waals surface area (Å²) in [5, 5.41) is 12.7. The Bertz CT molecular complexity index is 1830. The molecule has 336 valence electrons. The third kappa shape index (κ3) is 36.5. The summed E-state index contributed by atoms with van der Waals surface area (Å²) >= 11 is 0. The lowest BCUT2D eigenvalue weighted by molar-refractivity contribution is -0.121. The lowest BCUT2D eigenvalue weighted by atomic mass is 10.1. The number of carbonyl (C=O) groups excluding carboxylic acids is 7. The largest absolute Gasteiger partial charge is 0.355 e. The molecule has 0 aromatic carbocycles. The van der Waals surface area contributed by atoms with Gasteiger partial charge < -0.3 is 40.0 Å². The van der Waals surface area contributed by atoms with Gasteiger partial charge in [0.05, 0.1) is 11.4 Å². The summed E-state index contributed by atoms with van der Waals surface area (Å²) in [6, 6.07) is 0. The smallest absolute Gasteiger partial charge is 0.276 e. The van der Waals surface area contributed by atoms with Crippen LogP contribution in [-0.4, -0.2) is 153 Å². The van der Waals surface area contributed by atoms with Crippen molar-refractivity contribution < 1.29 is 77.4 Å². The summed E-state index contributed by atoms with van der Waals surface area (Å²) in [5.74, 6) is -4.81. The number of nitrogens with zero attached hydrogens (tertiary/aromatic N) is 3. The SMILES string of the molecule is CC(C=O)CNC(=O)C(CCS(=O)(=O)O)S(=O)(=O)O.CC(C=O)CNC(=O)CP(C)(=O)O.CC(C=O)CNC(=O)CS(C)(=O)=O.CCCn1cc(CC(C)C=O)nn1. The minimum atomic E-state index is -4.82. The molecule has 0 saturated carbocycles. The maximum atomic E-state index is 11.5. The van der Waals surface area contributed by atoms with E-state index in [-0.39, 0.29) is 37.4 Å². The Labute approximate surface area is 339 Å². The van der Waals surface area contributed by atoms with E-state index in [4.69, 9.17) is 14.0 Å². The van der Waals surface area contributed by atoms with Crippen LogP contribution in [0.5, 0.6) is 0 Å². The van der Waals surface area contributed by atoms with E-state index in [1.54, 1.807) is 13.8 Å². The number of hydrogen-bond donors (Lipinski definition) is 6. The number of rotatable bonds is 23. The molecule has 0 aliphatic carbocycles. The Hall–Kier alpha value is -3.81. The first-order valence-electron chi connectivity index (χ1n) is 17.3. The molecule has 6 atom stereocenters. The van der Waals surface area contributed by atoms with E-state index in [0.29, 0.717) is 25.3 Å². The second-order valence-electron chi connectivity index (χ2n) is 13.3. The molecule has 1 rings (SSSR count). The fourth-order valence-electron chi connectivity index (χ4n) is 3.50. The van der Waals surface area contributed by atoms with Gasteiger partial charge in [-0.25, -0.2) is 8.42 Å². The highest BCUT2D eigenvalue weighted by Gasteiger charge is 2.32. The molecule has 23 nitrogen and oxygen atoms in total. The number of nitrogens with one attached hydrogen (secondary N) is 3. The number of hydrogen-bond acceptors (Lipinski definition) is 16. The highest BCUT2D eigenvalue weighted by Crippen LogP contribution is 2.34. The standard InChI is InChI=1S/C9H15N3O.C8H15NO8S2.C7H14NO4P.C7H13NO4S/c1-3-4-12-6-9(10-11-12)5-8(2)7-13;1-6(5-10)4-9-8(11)7(19(15,16)17)2-3-18(12,13)14;2*1-6(4-9)3-8-7(10)5-13(2,11)12/h6-8H,3-5H2,1-2H3;5-7H,2-4H2,1H3,(H,9,11)(H,12,13,14)(H,15,16,17);4,6H,3,5H2,1-2H3,(H,8,10)(H,11,12);4,6H,3,5H2,1-2H3,(H,8,10). The van der Waals surface area contributed by atoms with Crippen LogP contribution in [0.3, 0.4) is 0 Å². The van der Waals surface area contributed by atoms with Crippen LogP contribution in [0.2, 0.25) is 0 Å². The van der Waals surface area contributed by atoms with Crippen molar-refractivity contribution in [2.75, 3.05) is 50.2 Å². The number of sulfone groups is 1. The Balaban J connectivity index is -0.000000706. The molecule has 0 spiro atoms. The van der Waals surface area contributed by atoms with Gasteiger partial charge in [0.1, 0.15) is 37.1 Å². The van der Waals surface area contributed by atoms with Crippen molar-refractivity contribution in [1.82, 2.24) is 30.9 Å². The predicted octanol–water partition coefficient (Wildman–Crippen LogP) is -1.64. The van der Waals surface area contributed by atoms with E-state index in [2.05, 4.69) is 33.2 Å². The van der Waals surface area contributed by atoms with E-state index in [1.807, 2.05) is 17.8 Å². The molecule has 0 aliphatic heterocycles. The fraction of sp³-hybridized carbons (Fsp3) is 0.710. The minimum absolute atomic E-state index is 0.0341. The van der Waals surface area contributed by atoms with Crippen LogP contribution < -0.4 is 16.0 Å². The monoisotopic (exact) mass is 912 g/mol. The molecular formula is C31H57N6O17PS3. The number of aryl methyl sites for hydroxylation is 1. The van der Waals surface area contributed by atoms with E-state index in [9.17, 15) is 63.4 Å². The zero-order chi connectivity index (χ0) is 45.9. The molecule has 0 aliphatic rings. The molecule has 1 aromatic rings. The maximum absolute atomic E-state index is 11.5. The van der Waals surface area contributed by atoms with Crippen molar-refractivity contribution in [2.24, 2.45) is 23.7 Å². The Kier molecular flexibility index (Phi) is 29.7. The second kappa shape index (κ2) is 29.4. The molecule has 0 radical (unpaired) electrons. The van der Waals surface area contributed by atoms with Gasteiger partial charge in [0.25, 0.3) is 20.2 Å². The summed E-state index contributed by atoms with van der Waals surface area (Å²) in [6.45, 7) is 11.0. The molecule has 6 N–H and O–H groups in total. The Morgan fingerprint density at radius 3 is 1.64 bits per heavy atom. The van der Waals surface area contributed by atoms with Crippen LogP contribution in [0, 0.1) is 23.7 Å². The van der Waals surface area contributed by atoms with Crippen molar-refractivity contribution in [1.29, 1.82) is 0 Å². The normalized spacial score (nSPS) is 14.8. The van der Waals surface area contributed by atoms with Crippen molar-refractivity contribution in [3.8, 4) is 0 Å². The Morgan fingerprint density at radius 2 is 1.26 bits per heavy atom. The highest BCUT2D eigenvalue weighted by molar-refractivity contribution is 7.91. The first kappa shape index (κ1) is 58.5. The van der Waals surface area contributed by atoms with Crippen LogP contribution in [0.1, 0.15) is 53.2 Å². The molecular weight excluding hydrogens is 856 g/mol. The van der Waals surface area contributed by atoms with Crippen molar-refractivity contribution in [2.45, 2.75) is 65.7 Å². The fourth-order valence-corrected chi connectivity index (χ4v) is 6.18. The molecule has 3 amide bonds. The van der Waals surface area contributed by atoms with Gasteiger partial charge in [0, 0.05) is 75.4 Å². The van der Waals surface area contributed by atoms with Gasteiger partial charge in [-0.2, -0.15) is 16.8 Å². The zero-order valence-electron chi connectivity index (χ0n) is 33.4. The molecule has 27 heteroatoms. The van der Waals surface area contributed by atoms with E-state index in [0.717, 1.165) is 37.9 Å². The van der Waals surface area contributed by atoms with Gasteiger partial charge in [0.15, 0.2) is 15.1 Å². The van der Waals surface area contributed by atoms with Crippen molar-refractivity contribution >= 4 is 80.3 Å². The van der Waals surface area contributed by atoms with E-state index >= 15 is 0 Å². The first-order chi connectivity index (χ1) is 26.4. The van der Waals surface area contributed by atoms with E-state index in [1.165, 1.54) is 6.92 Å². The summed E-state index contributed by atoms with van der Waals surface area (Å²) in [7, 11) is -15.8. The quantitative estimate of drug-likeness (QED) is 0.0407. The average Bonchev–Trinajstić information content (AvgIpc) is 3.53. The van der Waals surface area contributed by atoms with Crippen LogP contribution in [-0.2, 0) is 81.2 Å². The summed E-state index contributed by atoms with van der Waals surface area (Å²) in [5.41, 5.74) is 0.896. The average molecular weight is 913 g/mol.